The van der Waals surface area contributed by atoms with Gasteiger partial charge in [-0.1, -0.05) is 19.1 Å². The molecule has 1 amide bonds. The Kier molecular flexibility index (Phi) is 4.33. The van der Waals surface area contributed by atoms with Crippen molar-refractivity contribution in [3.63, 3.8) is 0 Å². The first kappa shape index (κ1) is 13.1. The Morgan fingerprint density at radius 2 is 2.39 bits per heavy atom. The standard InChI is InChI=1S/C14H20N2O2/c1-10-5-6-15-13(7-10)14(18)16-12-4-2-3-11(8-12)9-17/h2-4,8,10,13,15,17H,5-7,9H2,1H3,(H,16,18). The lowest BCUT2D eigenvalue weighted by molar-refractivity contribution is -0.119. The van der Waals surface area contributed by atoms with Gasteiger partial charge in [0.2, 0.25) is 5.91 Å². The van der Waals surface area contributed by atoms with Crippen LogP contribution < -0.4 is 10.6 Å². The van der Waals surface area contributed by atoms with Crippen LogP contribution in [0, 0.1) is 5.92 Å². The fourth-order valence-electron chi connectivity index (χ4n) is 2.28. The van der Waals surface area contributed by atoms with E-state index in [9.17, 15) is 4.79 Å². The zero-order chi connectivity index (χ0) is 13.0. The monoisotopic (exact) mass is 248 g/mol. The van der Waals surface area contributed by atoms with E-state index in [0.717, 1.165) is 30.6 Å². The zero-order valence-electron chi connectivity index (χ0n) is 10.6. The molecule has 1 aliphatic rings. The maximum atomic E-state index is 12.1. The SMILES string of the molecule is CC1CCNC(C(=O)Nc2cccc(CO)c2)C1. The Balaban J connectivity index is 1.97. The van der Waals surface area contributed by atoms with E-state index in [-0.39, 0.29) is 18.6 Å². The number of anilines is 1. The number of benzene rings is 1. The summed E-state index contributed by atoms with van der Waals surface area (Å²) in [5.41, 5.74) is 1.55. The summed E-state index contributed by atoms with van der Waals surface area (Å²) in [7, 11) is 0. The van der Waals surface area contributed by atoms with Crippen molar-refractivity contribution >= 4 is 11.6 Å². The second-order valence-corrected chi connectivity index (χ2v) is 4.98. The molecule has 1 aromatic carbocycles. The van der Waals surface area contributed by atoms with Crippen molar-refractivity contribution in [2.45, 2.75) is 32.4 Å². The molecule has 18 heavy (non-hydrogen) atoms. The van der Waals surface area contributed by atoms with Crippen LogP contribution in [0.25, 0.3) is 0 Å². The highest BCUT2D eigenvalue weighted by Crippen LogP contribution is 2.17. The lowest BCUT2D eigenvalue weighted by Crippen LogP contribution is -2.45. The predicted octanol–water partition coefficient (Wildman–Crippen LogP) is 1.51. The van der Waals surface area contributed by atoms with Gasteiger partial charge in [-0.05, 0) is 43.0 Å². The lowest BCUT2D eigenvalue weighted by atomic mass is 9.94. The van der Waals surface area contributed by atoms with E-state index >= 15 is 0 Å². The third-order valence-corrected chi connectivity index (χ3v) is 3.36. The van der Waals surface area contributed by atoms with Crippen molar-refractivity contribution in [1.29, 1.82) is 0 Å². The molecule has 0 radical (unpaired) electrons. The molecule has 1 aromatic rings. The van der Waals surface area contributed by atoms with Gasteiger partial charge < -0.3 is 15.7 Å². The van der Waals surface area contributed by atoms with Gasteiger partial charge in [-0.2, -0.15) is 0 Å². The number of rotatable bonds is 3. The minimum atomic E-state index is -0.105. The molecule has 98 valence electrons. The van der Waals surface area contributed by atoms with Crippen LogP contribution in [-0.2, 0) is 11.4 Å². The number of hydrogen-bond acceptors (Lipinski definition) is 3. The third-order valence-electron chi connectivity index (χ3n) is 3.36. The first-order valence-corrected chi connectivity index (χ1v) is 6.43. The summed E-state index contributed by atoms with van der Waals surface area (Å²) in [6.45, 7) is 3.06. The maximum Gasteiger partial charge on any atom is 0.241 e. The van der Waals surface area contributed by atoms with Crippen molar-refractivity contribution < 1.29 is 9.90 Å². The Labute approximate surface area is 107 Å². The molecule has 4 nitrogen and oxygen atoms in total. The summed E-state index contributed by atoms with van der Waals surface area (Å²) in [6, 6.07) is 7.19. The molecule has 0 spiro atoms. The van der Waals surface area contributed by atoms with Crippen molar-refractivity contribution in [3.05, 3.63) is 29.8 Å². The quantitative estimate of drug-likeness (QED) is 0.759. The van der Waals surface area contributed by atoms with E-state index in [4.69, 9.17) is 5.11 Å². The van der Waals surface area contributed by atoms with Crippen molar-refractivity contribution in [2.75, 3.05) is 11.9 Å². The Bertz CT molecular complexity index is 420. The highest BCUT2D eigenvalue weighted by Gasteiger charge is 2.24. The van der Waals surface area contributed by atoms with Crippen LogP contribution in [0.4, 0.5) is 5.69 Å². The fourth-order valence-corrected chi connectivity index (χ4v) is 2.28. The van der Waals surface area contributed by atoms with Gasteiger partial charge in [-0.15, -0.1) is 0 Å². The summed E-state index contributed by atoms with van der Waals surface area (Å²) in [5, 5.41) is 15.2. The number of amides is 1. The van der Waals surface area contributed by atoms with E-state index in [1.807, 2.05) is 18.2 Å². The van der Waals surface area contributed by atoms with E-state index in [0.29, 0.717) is 5.92 Å². The van der Waals surface area contributed by atoms with Gasteiger partial charge in [0.05, 0.1) is 12.6 Å². The molecule has 0 aromatic heterocycles. The molecular formula is C14H20N2O2. The average molecular weight is 248 g/mol. The van der Waals surface area contributed by atoms with E-state index in [1.165, 1.54) is 0 Å². The minimum Gasteiger partial charge on any atom is -0.392 e. The van der Waals surface area contributed by atoms with Gasteiger partial charge in [-0.25, -0.2) is 0 Å². The number of nitrogens with one attached hydrogen (secondary N) is 2. The zero-order valence-corrected chi connectivity index (χ0v) is 10.6. The highest BCUT2D eigenvalue weighted by molar-refractivity contribution is 5.94. The number of carbonyl (C=O) groups excluding carboxylic acids is 1. The first-order valence-electron chi connectivity index (χ1n) is 6.43. The lowest BCUT2D eigenvalue weighted by Gasteiger charge is -2.27. The molecule has 1 saturated heterocycles. The summed E-state index contributed by atoms with van der Waals surface area (Å²) >= 11 is 0. The van der Waals surface area contributed by atoms with Gasteiger partial charge >= 0.3 is 0 Å². The van der Waals surface area contributed by atoms with E-state index in [1.54, 1.807) is 6.07 Å². The molecule has 3 N–H and O–H groups in total. The number of carbonyl (C=O) groups is 1. The average Bonchev–Trinajstić information content (AvgIpc) is 2.39. The first-order chi connectivity index (χ1) is 8.69. The fraction of sp³-hybridized carbons (Fsp3) is 0.500. The molecule has 2 rings (SSSR count). The molecule has 4 heteroatoms. The number of aliphatic hydroxyl groups is 1. The number of hydrogen-bond donors (Lipinski definition) is 3. The molecule has 1 heterocycles. The van der Waals surface area contributed by atoms with Crippen LogP contribution in [0.1, 0.15) is 25.3 Å². The second kappa shape index (κ2) is 5.98. The van der Waals surface area contributed by atoms with Crippen molar-refractivity contribution in [1.82, 2.24) is 5.32 Å². The topological polar surface area (TPSA) is 61.4 Å². The predicted molar refractivity (Wildman–Crippen MR) is 71.2 cm³/mol. The van der Waals surface area contributed by atoms with Crippen LogP contribution in [0.3, 0.4) is 0 Å². The molecule has 0 saturated carbocycles. The molecule has 0 bridgehead atoms. The van der Waals surface area contributed by atoms with Crippen LogP contribution >= 0.6 is 0 Å². The summed E-state index contributed by atoms with van der Waals surface area (Å²) in [5.74, 6) is 0.599. The second-order valence-electron chi connectivity index (χ2n) is 4.98. The van der Waals surface area contributed by atoms with Crippen molar-refractivity contribution in [2.24, 2.45) is 5.92 Å². The van der Waals surface area contributed by atoms with Gasteiger partial charge in [0.15, 0.2) is 0 Å². The molecule has 2 atom stereocenters. The largest absolute Gasteiger partial charge is 0.392 e. The summed E-state index contributed by atoms with van der Waals surface area (Å²) in [4.78, 5) is 12.1. The van der Waals surface area contributed by atoms with Gasteiger partial charge in [-0.3, -0.25) is 4.79 Å². The Morgan fingerprint density at radius 1 is 1.56 bits per heavy atom. The van der Waals surface area contributed by atoms with Crippen LogP contribution in [0.5, 0.6) is 0 Å². The third kappa shape index (κ3) is 3.31. The van der Waals surface area contributed by atoms with Crippen LogP contribution in [-0.4, -0.2) is 23.6 Å². The Morgan fingerprint density at radius 3 is 3.11 bits per heavy atom. The molecule has 0 aliphatic carbocycles. The normalized spacial score (nSPS) is 23.7. The smallest absolute Gasteiger partial charge is 0.241 e. The van der Waals surface area contributed by atoms with Gasteiger partial charge in [0.1, 0.15) is 0 Å². The van der Waals surface area contributed by atoms with Crippen LogP contribution in [0.2, 0.25) is 0 Å². The minimum absolute atomic E-state index is 0.0108. The molecule has 1 aliphatic heterocycles. The van der Waals surface area contributed by atoms with E-state index < -0.39 is 0 Å². The molecule has 2 unspecified atom stereocenters. The van der Waals surface area contributed by atoms with Crippen molar-refractivity contribution in [3.8, 4) is 0 Å². The van der Waals surface area contributed by atoms with Gasteiger partial charge in [0.25, 0.3) is 0 Å². The molecular weight excluding hydrogens is 228 g/mol. The highest BCUT2D eigenvalue weighted by atomic mass is 16.3. The number of piperidine rings is 1. The van der Waals surface area contributed by atoms with Gasteiger partial charge in [0, 0.05) is 5.69 Å². The van der Waals surface area contributed by atoms with E-state index in [2.05, 4.69) is 17.6 Å². The van der Waals surface area contributed by atoms with Crippen LogP contribution in [0.15, 0.2) is 24.3 Å². The maximum absolute atomic E-state index is 12.1. The molecule has 1 fully saturated rings. The Hall–Kier alpha value is -1.39. The summed E-state index contributed by atoms with van der Waals surface area (Å²) in [6.07, 6.45) is 2.01. The summed E-state index contributed by atoms with van der Waals surface area (Å²) < 4.78 is 0. The number of aliphatic hydroxyl groups excluding tert-OH is 1.